The van der Waals surface area contributed by atoms with E-state index in [4.69, 9.17) is 9.47 Å². The van der Waals surface area contributed by atoms with E-state index in [-0.39, 0.29) is 17.3 Å². The molecule has 4 rings (SSSR count). The van der Waals surface area contributed by atoms with Crippen molar-refractivity contribution in [2.75, 3.05) is 31.4 Å². The minimum absolute atomic E-state index is 0.0812. The first-order valence-electron chi connectivity index (χ1n) is 9.66. The maximum atomic E-state index is 11.8. The van der Waals surface area contributed by atoms with Crippen molar-refractivity contribution >= 4 is 44.0 Å². The summed E-state index contributed by atoms with van der Waals surface area (Å²) in [7, 11) is 3.15. The van der Waals surface area contributed by atoms with E-state index in [1.54, 1.807) is 14.2 Å². The van der Waals surface area contributed by atoms with Crippen molar-refractivity contribution in [2.24, 2.45) is 0 Å². The molecule has 32 heavy (non-hydrogen) atoms. The number of hydrogen-bond donors (Lipinski definition) is 2. The first kappa shape index (κ1) is 21.2. The predicted octanol–water partition coefficient (Wildman–Crippen LogP) is 4.41. The number of nitro groups is 1. The molecule has 0 radical (unpaired) electrons. The molecule has 2 heterocycles. The molecule has 0 amide bonds. The number of methoxy groups -OCH3 is 2. The van der Waals surface area contributed by atoms with Gasteiger partial charge in [0.15, 0.2) is 16.6 Å². The number of hydrogen-bond acceptors (Lipinski definition) is 10. The molecule has 0 bridgehead atoms. The van der Waals surface area contributed by atoms with E-state index in [0.717, 1.165) is 15.8 Å². The van der Waals surface area contributed by atoms with E-state index in [1.807, 2.05) is 42.5 Å². The van der Waals surface area contributed by atoms with Crippen molar-refractivity contribution in [2.45, 2.75) is 6.42 Å². The summed E-state index contributed by atoms with van der Waals surface area (Å²) in [5.74, 6) is 1.48. The Morgan fingerprint density at radius 3 is 2.59 bits per heavy atom. The molecule has 10 nitrogen and oxygen atoms in total. The topological polar surface area (TPSA) is 124 Å². The van der Waals surface area contributed by atoms with Crippen LogP contribution in [-0.4, -0.2) is 40.6 Å². The van der Waals surface area contributed by atoms with Gasteiger partial charge in [-0.25, -0.2) is 15.0 Å². The monoisotopic (exact) mass is 452 g/mol. The van der Waals surface area contributed by atoms with E-state index in [2.05, 4.69) is 25.6 Å². The number of ether oxygens (including phenoxy) is 2. The Labute approximate surface area is 187 Å². The second-order valence-corrected chi connectivity index (χ2v) is 7.69. The highest BCUT2D eigenvalue weighted by Crippen LogP contribution is 2.34. The first-order valence-corrected chi connectivity index (χ1v) is 10.5. The van der Waals surface area contributed by atoms with Gasteiger partial charge in [-0.2, -0.15) is 0 Å². The normalized spacial score (nSPS) is 10.7. The SMILES string of the molecule is COc1ccc(CCNc2ncnc(Nc3nc4ccccc4s3)c2[N+](=O)[O-])cc1OC. The molecule has 2 aromatic carbocycles. The number of aromatic nitrogens is 3. The van der Waals surface area contributed by atoms with E-state index in [9.17, 15) is 10.1 Å². The van der Waals surface area contributed by atoms with Crippen molar-refractivity contribution in [1.82, 2.24) is 15.0 Å². The maximum absolute atomic E-state index is 11.8. The molecule has 0 saturated carbocycles. The molecule has 2 N–H and O–H groups in total. The maximum Gasteiger partial charge on any atom is 0.353 e. The van der Waals surface area contributed by atoms with Crippen molar-refractivity contribution in [3.05, 3.63) is 64.5 Å². The summed E-state index contributed by atoms with van der Waals surface area (Å²) in [6.45, 7) is 0.425. The molecule has 0 aliphatic carbocycles. The number of anilines is 3. The quantitative estimate of drug-likeness (QED) is 0.281. The third-order valence-electron chi connectivity index (χ3n) is 4.68. The number of nitrogens with zero attached hydrogens (tertiary/aromatic N) is 4. The molecule has 2 aromatic heterocycles. The zero-order valence-electron chi connectivity index (χ0n) is 17.4. The molecular weight excluding hydrogens is 432 g/mol. The highest BCUT2D eigenvalue weighted by atomic mass is 32.1. The van der Waals surface area contributed by atoms with Gasteiger partial charge in [0.25, 0.3) is 0 Å². The van der Waals surface area contributed by atoms with E-state index in [1.165, 1.54) is 17.7 Å². The van der Waals surface area contributed by atoms with Crippen LogP contribution in [0.2, 0.25) is 0 Å². The van der Waals surface area contributed by atoms with Gasteiger partial charge in [0.1, 0.15) is 6.33 Å². The minimum atomic E-state index is -0.506. The van der Waals surface area contributed by atoms with Gasteiger partial charge in [0.05, 0.1) is 29.4 Å². The molecule has 0 saturated heterocycles. The Morgan fingerprint density at radius 2 is 1.84 bits per heavy atom. The van der Waals surface area contributed by atoms with Gasteiger partial charge in [-0.05, 0) is 36.2 Å². The fourth-order valence-corrected chi connectivity index (χ4v) is 4.03. The van der Waals surface area contributed by atoms with Crippen molar-refractivity contribution < 1.29 is 14.4 Å². The van der Waals surface area contributed by atoms with Crippen molar-refractivity contribution in [3.8, 4) is 11.5 Å². The van der Waals surface area contributed by atoms with Gasteiger partial charge in [-0.3, -0.25) is 10.1 Å². The fraction of sp³-hybridized carbons (Fsp3) is 0.190. The summed E-state index contributed by atoms with van der Waals surface area (Å²) in [5.41, 5.74) is 1.56. The lowest BCUT2D eigenvalue weighted by molar-refractivity contribution is -0.383. The van der Waals surface area contributed by atoms with Crippen molar-refractivity contribution in [3.63, 3.8) is 0 Å². The minimum Gasteiger partial charge on any atom is -0.493 e. The standard InChI is InChI=1S/C21H20N6O4S/c1-30-15-8-7-13(11-16(15)31-2)9-10-22-19-18(27(28)29)20(24-12-23-19)26-21-25-14-5-3-4-6-17(14)32-21/h3-8,11-12H,9-10H2,1-2H3,(H2,22,23,24,25,26). The average Bonchev–Trinajstić information content (AvgIpc) is 3.21. The number of rotatable bonds is 9. The second-order valence-electron chi connectivity index (χ2n) is 6.65. The summed E-state index contributed by atoms with van der Waals surface area (Å²) in [5, 5.41) is 18.3. The lowest BCUT2D eigenvalue weighted by Crippen LogP contribution is -2.11. The lowest BCUT2D eigenvalue weighted by Gasteiger charge is -2.11. The Bertz CT molecular complexity index is 1230. The van der Waals surface area contributed by atoms with Gasteiger partial charge >= 0.3 is 5.69 Å². The van der Waals surface area contributed by atoms with Crippen LogP contribution in [0.3, 0.4) is 0 Å². The van der Waals surface area contributed by atoms with Crippen LogP contribution in [0.5, 0.6) is 11.5 Å². The lowest BCUT2D eigenvalue weighted by atomic mass is 10.1. The van der Waals surface area contributed by atoms with Crippen LogP contribution in [0.15, 0.2) is 48.8 Å². The summed E-state index contributed by atoms with van der Waals surface area (Å²) in [4.78, 5) is 23.9. The van der Waals surface area contributed by atoms with Crippen LogP contribution >= 0.6 is 11.3 Å². The van der Waals surface area contributed by atoms with E-state index < -0.39 is 4.92 Å². The van der Waals surface area contributed by atoms with Crippen LogP contribution in [-0.2, 0) is 6.42 Å². The molecular formula is C21H20N6O4S. The highest BCUT2D eigenvalue weighted by Gasteiger charge is 2.23. The Balaban J connectivity index is 1.51. The molecule has 0 atom stereocenters. The highest BCUT2D eigenvalue weighted by molar-refractivity contribution is 7.22. The summed E-state index contributed by atoms with van der Waals surface area (Å²) >= 11 is 1.39. The molecule has 0 fully saturated rings. The number of thiazole rings is 1. The van der Waals surface area contributed by atoms with Gasteiger partial charge < -0.3 is 20.1 Å². The molecule has 0 aliphatic heterocycles. The number of benzene rings is 2. The summed E-state index contributed by atoms with van der Waals surface area (Å²) in [6.07, 6.45) is 1.88. The van der Waals surface area contributed by atoms with Gasteiger partial charge in [0, 0.05) is 6.54 Å². The molecule has 164 valence electrons. The molecule has 0 unspecified atom stereocenters. The number of nitrogens with one attached hydrogen (secondary N) is 2. The summed E-state index contributed by atoms with van der Waals surface area (Å²) in [6, 6.07) is 13.2. The molecule has 0 spiro atoms. The second kappa shape index (κ2) is 9.43. The zero-order chi connectivity index (χ0) is 22.5. The number of para-hydroxylation sites is 1. The third-order valence-corrected chi connectivity index (χ3v) is 5.63. The van der Waals surface area contributed by atoms with Gasteiger partial charge in [-0.1, -0.05) is 29.5 Å². The Kier molecular flexibility index (Phi) is 6.26. The first-order chi connectivity index (χ1) is 15.6. The molecule has 4 aromatic rings. The summed E-state index contributed by atoms with van der Waals surface area (Å²) < 4.78 is 11.5. The predicted molar refractivity (Wildman–Crippen MR) is 123 cm³/mol. The van der Waals surface area contributed by atoms with Crippen LogP contribution in [0.25, 0.3) is 10.2 Å². The average molecular weight is 452 g/mol. The van der Waals surface area contributed by atoms with Crippen LogP contribution in [0.1, 0.15) is 5.56 Å². The van der Waals surface area contributed by atoms with E-state index >= 15 is 0 Å². The van der Waals surface area contributed by atoms with Crippen LogP contribution in [0, 0.1) is 10.1 Å². The Hall–Kier alpha value is -3.99. The molecule has 0 aliphatic rings. The zero-order valence-corrected chi connectivity index (χ0v) is 18.2. The Morgan fingerprint density at radius 1 is 1.06 bits per heavy atom. The van der Waals surface area contributed by atoms with Crippen LogP contribution < -0.4 is 20.1 Å². The number of fused-ring (bicyclic) bond motifs is 1. The van der Waals surface area contributed by atoms with Crippen molar-refractivity contribution in [1.29, 1.82) is 0 Å². The van der Waals surface area contributed by atoms with Gasteiger partial charge in [0.2, 0.25) is 11.6 Å². The smallest absolute Gasteiger partial charge is 0.353 e. The fourth-order valence-electron chi connectivity index (χ4n) is 3.16. The van der Waals surface area contributed by atoms with Crippen LogP contribution in [0.4, 0.5) is 22.5 Å². The largest absolute Gasteiger partial charge is 0.493 e. The molecule has 11 heteroatoms. The van der Waals surface area contributed by atoms with Gasteiger partial charge in [-0.15, -0.1) is 0 Å². The van der Waals surface area contributed by atoms with E-state index in [0.29, 0.717) is 29.6 Å². The third kappa shape index (κ3) is 4.52.